The van der Waals surface area contributed by atoms with Gasteiger partial charge in [0, 0.05) is 44.1 Å². The first-order valence-electron chi connectivity index (χ1n) is 9.30. The minimum Gasteiger partial charge on any atom is -0.348 e. The maximum absolute atomic E-state index is 13.2. The zero-order valence-corrected chi connectivity index (χ0v) is 15.0. The molecular formula is C21H21N5O. The van der Waals surface area contributed by atoms with E-state index in [9.17, 15) is 4.79 Å². The standard InChI is InChI=1S/C21H21N5O/c27-19(13-25-11-16-4-1-2-5-17(16)12-25)26-9-7-18-20(24-14-23-18)21(26)15-6-3-8-22-10-15/h1-6,8,10,14,21H,7,9,11-13H2,(H,23,24). The second-order valence-corrected chi connectivity index (χ2v) is 7.21. The number of benzene rings is 1. The summed E-state index contributed by atoms with van der Waals surface area (Å²) in [6.07, 6.45) is 6.11. The van der Waals surface area contributed by atoms with E-state index in [2.05, 4.69) is 44.1 Å². The van der Waals surface area contributed by atoms with Crippen molar-refractivity contribution in [2.45, 2.75) is 25.6 Å². The highest BCUT2D eigenvalue weighted by Crippen LogP contribution is 2.33. The number of pyridine rings is 1. The van der Waals surface area contributed by atoms with E-state index in [1.54, 1.807) is 12.5 Å². The van der Waals surface area contributed by atoms with Gasteiger partial charge in [0.25, 0.3) is 0 Å². The normalized spacial score (nSPS) is 19.0. The number of carbonyl (C=O) groups is 1. The highest BCUT2D eigenvalue weighted by atomic mass is 16.2. The van der Waals surface area contributed by atoms with Gasteiger partial charge in [0.05, 0.1) is 18.6 Å². The van der Waals surface area contributed by atoms with Crippen molar-refractivity contribution >= 4 is 5.91 Å². The third kappa shape index (κ3) is 2.92. The second kappa shape index (κ2) is 6.63. The smallest absolute Gasteiger partial charge is 0.237 e. The molecule has 0 bridgehead atoms. The van der Waals surface area contributed by atoms with E-state index >= 15 is 0 Å². The maximum Gasteiger partial charge on any atom is 0.237 e. The number of H-pyrrole nitrogens is 1. The zero-order chi connectivity index (χ0) is 18.2. The van der Waals surface area contributed by atoms with Gasteiger partial charge in [-0.3, -0.25) is 14.7 Å². The number of fused-ring (bicyclic) bond motifs is 2. The van der Waals surface area contributed by atoms with Gasteiger partial charge in [-0.05, 0) is 22.8 Å². The van der Waals surface area contributed by atoms with Gasteiger partial charge in [-0.25, -0.2) is 4.98 Å². The third-order valence-corrected chi connectivity index (χ3v) is 5.51. The molecule has 2 aliphatic heterocycles. The molecule has 2 aliphatic rings. The quantitative estimate of drug-likeness (QED) is 0.779. The predicted molar refractivity (Wildman–Crippen MR) is 101 cm³/mol. The fourth-order valence-electron chi connectivity index (χ4n) is 4.22. The highest BCUT2D eigenvalue weighted by Gasteiger charge is 2.35. The second-order valence-electron chi connectivity index (χ2n) is 7.21. The van der Waals surface area contributed by atoms with Gasteiger partial charge in [0.15, 0.2) is 0 Å². The van der Waals surface area contributed by atoms with Gasteiger partial charge in [0.1, 0.15) is 6.04 Å². The Morgan fingerprint density at radius 1 is 1.15 bits per heavy atom. The van der Waals surface area contributed by atoms with E-state index < -0.39 is 0 Å². The lowest BCUT2D eigenvalue weighted by molar-refractivity contribution is -0.134. The van der Waals surface area contributed by atoms with Gasteiger partial charge in [-0.2, -0.15) is 0 Å². The van der Waals surface area contributed by atoms with Crippen LogP contribution in [0.15, 0.2) is 55.1 Å². The summed E-state index contributed by atoms with van der Waals surface area (Å²) in [5, 5.41) is 0. The van der Waals surface area contributed by atoms with E-state index in [0.717, 1.165) is 36.5 Å². The zero-order valence-electron chi connectivity index (χ0n) is 15.0. The first-order chi connectivity index (χ1) is 13.3. The molecule has 0 saturated carbocycles. The number of aromatic nitrogens is 3. The molecule has 2 aromatic heterocycles. The lowest BCUT2D eigenvalue weighted by Crippen LogP contribution is -2.44. The van der Waals surface area contributed by atoms with E-state index in [0.29, 0.717) is 13.1 Å². The Morgan fingerprint density at radius 3 is 2.70 bits per heavy atom. The molecule has 6 heteroatoms. The van der Waals surface area contributed by atoms with Crippen molar-refractivity contribution in [3.05, 3.63) is 83.2 Å². The minimum atomic E-state index is -0.175. The highest BCUT2D eigenvalue weighted by molar-refractivity contribution is 5.79. The summed E-state index contributed by atoms with van der Waals surface area (Å²) in [6, 6.07) is 12.2. The van der Waals surface area contributed by atoms with Gasteiger partial charge < -0.3 is 9.88 Å². The lowest BCUT2D eigenvalue weighted by Gasteiger charge is -2.36. The van der Waals surface area contributed by atoms with Crippen molar-refractivity contribution in [2.75, 3.05) is 13.1 Å². The van der Waals surface area contributed by atoms with Crippen molar-refractivity contribution in [3.8, 4) is 0 Å². The van der Waals surface area contributed by atoms with Crippen molar-refractivity contribution < 1.29 is 4.79 Å². The molecule has 1 N–H and O–H groups in total. The molecule has 0 aliphatic carbocycles. The molecule has 136 valence electrons. The molecule has 1 atom stereocenters. The molecular weight excluding hydrogens is 338 g/mol. The van der Waals surface area contributed by atoms with Gasteiger partial charge in [-0.15, -0.1) is 0 Å². The van der Waals surface area contributed by atoms with Crippen LogP contribution < -0.4 is 0 Å². The van der Waals surface area contributed by atoms with Gasteiger partial charge >= 0.3 is 0 Å². The molecule has 0 spiro atoms. The summed E-state index contributed by atoms with van der Waals surface area (Å²) >= 11 is 0. The summed E-state index contributed by atoms with van der Waals surface area (Å²) in [5.74, 6) is 0.144. The molecule has 1 aromatic carbocycles. The number of imidazole rings is 1. The minimum absolute atomic E-state index is 0.144. The lowest BCUT2D eigenvalue weighted by atomic mass is 9.96. The number of hydrogen-bond donors (Lipinski definition) is 1. The summed E-state index contributed by atoms with van der Waals surface area (Å²) in [7, 11) is 0. The van der Waals surface area contributed by atoms with Crippen LogP contribution in [0.2, 0.25) is 0 Å². The van der Waals surface area contributed by atoms with E-state index in [-0.39, 0.29) is 11.9 Å². The molecule has 1 unspecified atom stereocenters. The van der Waals surface area contributed by atoms with Gasteiger partial charge in [-0.1, -0.05) is 30.3 Å². The first kappa shape index (κ1) is 16.2. The number of nitrogens with zero attached hydrogens (tertiary/aromatic N) is 4. The largest absolute Gasteiger partial charge is 0.348 e. The fraction of sp³-hybridized carbons (Fsp3) is 0.286. The Labute approximate surface area is 157 Å². The Bertz CT molecular complexity index is 942. The van der Waals surface area contributed by atoms with E-state index in [4.69, 9.17) is 0 Å². The molecule has 6 nitrogen and oxygen atoms in total. The Hall–Kier alpha value is -2.99. The van der Waals surface area contributed by atoms with Crippen molar-refractivity contribution in [2.24, 2.45) is 0 Å². The number of carbonyl (C=O) groups excluding carboxylic acids is 1. The van der Waals surface area contributed by atoms with E-state index in [1.807, 2.05) is 23.2 Å². The Balaban J connectivity index is 1.39. The molecule has 3 aromatic rings. The summed E-state index contributed by atoms with van der Waals surface area (Å²) < 4.78 is 0. The molecule has 0 radical (unpaired) electrons. The van der Waals surface area contributed by atoms with Crippen LogP contribution in [0, 0.1) is 0 Å². The van der Waals surface area contributed by atoms with Crippen molar-refractivity contribution in [1.29, 1.82) is 0 Å². The maximum atomic E-state index is 13.2. The average Bonchev–Trinajstić information content (AvgIpc) is 3.33. The number of rotatable bonds is 3. The molecule has 0 saturated heterocycles. The Morgan fingerprint density at radius 2 is 1.96 bits per heavy atom. The van der Waals surface area contributed by atoms with E-state index in [1.165, 1.54) is 11.1 Å². The summed E-state index contributed by atoms with van der Waals surface area (Å²) in [6.45, 7) is 2.78. The van der Waals surface area contributed by atoms with Crippen LogP contribution in [0.4, 0.5) is 0 Å². The Kier molecular flexibility index (Phi) is 3.98. The first-order valence-corrected chi connectivity index (χ1v) is 9.30. The SMILES string of the molecule is O=C(CN1Cc2ccccc2C1)N1CCc2[nH]cnc2C1c1cccnc1. The number of aromatic amines is 1. The molecule has 5 rings (SSSR count). The van der Waals surface area contributed by atoms with Crippen molar-refractivity contribution in [3.63, 3.8) is 0 Å². The number of nitrogens with one attached hydrogen (secondary N) is 1. The molecule has 0 fully saturated rings. The molecule has 27 heavy (non-hydrogen) atoms. The van der Waals surface area contributed by atoms with Gasteiger partial charge in [0.2, 0.25) is 5.91 Å². The number of amides is 1. The van der Waals surface area contributed by atoms with Crippen LogP contribution in [-0.4, -0.2) is 43.7 Å². The number of hydrogen-bond acceptors (Lipinski definition) is 4. The van der Waals surface area contributed by atoms with Crippen LogP contribution in [-0.2, 0) is 24.3 Å². The van der Waals surface area contributed by atoms with Crippen LogP contribution in [0.3, 0.4) is 0 Å². The third-order valence-electron chi connectivity index (χ3n) is 5.51. The summed E-state index contributed by atoms with van der Waals surface area (Å²) in [4.78, 5) is 29.4. The fourth-order valence-corrected chi connectivity index (χ4v) is 4.22. The molecule has 1 amide bonds. The molecule has 4 heterocycles. The van der Waals surface area contributed by atoms with Crippen molar-refractivity contribution in [1.82, 2.24) is 24.8 Å². The predicted octanol–water partition coefficient (Wildman–Crippen LogP) is 2.29. The van der Waals surface area contributed by atoms with Crippen LogP contribution in [0.25, 0.3) is 0 Å². The van der Waals surface area contributed by atoms with Crippen LogP contribution in [0.1, 0.15) is 34.1 Å². The summed E-state index contributed by atoms with van der Waals surface area (Å²) in [5.41, 5.74) is 5.70. The van der Waals surface area contributed by atoms with Crippen LogP contribution >= 0.6 is 0 Å². The topological polar surface area (TPSA) is 65.1 Å². The monoisotopic (exact) mass is 359 g/mol. The van der Waals surface area contributed by atoms with Crippen LogP contribution in [0.5, 0.6) is 0 Å². The average molecular weight is 359 g/mol.